The number of anilines is 1. The van der Waals surface area contributed by atoms with Crippen molar-refractivity contribution in [2.75, 3.05) is 31.5 Å². The third-order valence-corrected chi connectivity index (χ3v) is 3.37. The van der Waals surface area contributed by atoms with E-state index in [4.69, 9.17) is 11.6 Å². The number of nitrogens with zero attached hydrogens (tertiary/aromatic N) is 1. The van der Waals surface area contributed by atoms with Crippen LogP contribution in [0.25, 0.3) is 0 Å². The maximum atomic E-state index is 12.9. The molecular formula is C13H13ClF3N3O2. The third kappa shape index (κ3) is 3.89. The molecule has 0 aliphatic carbocycles. The standard InChI is InChI=1S/C13H13ClF3N3O2/c14-8-1-2-10(9(7-8)13(15,16)17)19-11(21)12(22)20-5-3-18-4-6-20/h1-2,7,18H,3-6H2,(H,19,21). The zero-order valence-electron chi connectivity index (χ0n) is 11.3. The van der Waals surface area contributed by atoms with Gasteiger partial charge in [0.1, 0.15) is 0 Å². The predicted molar refractivity (Wildman–Crippen MR) is 74.5 cm³/mol. The molecule has 1 fully saturated rings. The van der Waals surface area contributed by atoms with Crippen molar-refractivity contribution < 1.29 is 22.8 Å². The number of carbonyl (C=O) groups excluding carboxylic acids is 2. The molecule has 5 nitrogen and oxygen atoms in total. The molecule has 1 aromatic rings. The molecule has 1 aliphatic rings. The Morgan fingerprint density at radius 3 is 2.45 bits per heavy atom. The fourth-order valence-corrected chi connectivity index (χ4v) is 2.22. The highest BCUT2D eigenvalue weighted by atomic mass is 35.5. The second-order valence-corrected chi connectivity index (χ2v) is 5.12. The van der Waals surface area contributed by atoms with E-state index in [0.717, 1.165) is 6.07 Å². The molecule has 0 unspecified atom stereocenters. The van der Waals surface area contributed by atoms with Crippen LogP contribution in [0.5, 0.6) is 0 Å². The summed E-state index contributed by atoms with van der Waals surface area (Å²) >= 11 is 5.55. The monoisotopic (exact) mass is 335 g/mol. The first-order valence-corrected chi connectivity index (χ1v) is 6.84. The molecule has 1 aromatic carbocycles. The van der Waals surface area contributed by atoms with E-state index in [2.05, 4.69) is 5.32 Å². The van der Waals surface area contributed by atoms with Gasteiger partial charge in [-0.05, 0) is 18.2 Å². The van der Waals surface area contributed by atoms with Gasteiger partial charge < -0.3 is 15.5 Å². The van der Waals surface area contributed by atoms with Gasteiger partial charge in [0.15, 0.2) is 0 Å². The Kier molecular flexibility index (Phi) is 4.92. The molecule has 0 bridgehead atoms. The number of amides is 2. The quantitative estimate of drug-likeness (QED) is 0.768. The van der Waals surface area contributed by atoms with Crippen molar-refractivity contribution >= 4 is 29.1 Å². The van der Waals surface area contributed by atoms with E-state index in [1.807, 2.05) is 5.32 Å². The second-order valence-electron chi connectivity index (χ2n) is 4.68. The number of benzene rings is 1. The predicted octanol–water partition coefficient (Wildman–Crippen LogP) is 1.73. The Bertz CT molecular complexity index is 586. The lowest BCUT2D eigenvalue weighted by atomic mass is 10.1. The van der Waals surface area contributed by atoms with Crippen LogP contribution in [0.4, 0.5) is 18.9 Å². The van der Waals surface area contributed by atoms with Crippen molar-refractivity contribution in [3.63, 3.8) is 0 Å². The van der Waals surface area contributed by atoms with Crippen LogP contribution in [-0.4, -0.2) is 42.9 Å². The van der Waals surface area contributed by atoms with Gasteiger partial charge in [0, 0.05) is 31.2 Å². The van der Waals surface area contributed by atoms with Gasteiger partial charge in [0.05, 0.1) is 11.3 Å². The summed E-state index contributed by atoms with van der Waals surface area (Å²) in [4.78, 5) is 25.0. The number of halogens is 4. The van der Waals surface area contributed by atoms with Crippen LogP contribution in [0.2, 0.25) is 5.02 Å². The van der Waals surface area contributed by atoms with Crippen molar-refractivity contribution in [1.82, 2.24) is 10.2 Å². The molecule has 1 saturated heterocycles. The molecule has 0 atom stereocenters. The molecule has 2 rings (SSSR count). The normalized spacial score (nSPS) is 15.5. The maximum Gasteiger partial charge on any atom is 0.418 e. The zero-order chi connectivity index (χ0) is 16.3. The van der Waals surface area contributed by atoms with Gasteiger partial charge in [0.2, 0.25) is 0 Å². The average molecular weight is 336 g/mol. The Labute approximate surface area is 129 Å². The first kappa shape index (κ1) is 16.6. The lowest BCUT2D eigenvalue weighted by molar-refractivity contribution is -0.143. The van der Waals surface area contributed by atoms with E-state index in [1.165, 1.54) is 11.0 Å². The molecule has 1 aliphatic heterocycles. The van der Waals surface area contributed by atoms with E-state index in [-0.39, 0.29) is 5.02 Å². The van der Waals surface area contributed by atoms with Gasteiger partial charge in [-0.25, -0.2) is 0 Å². The molecule has 0 saturated carbocycles. The van der Waals surface area contributed by atoms with E-state index in [0.29, 0.717) is 32.2 Å². The van der Waals surface area contributed by atoms with Crippen molar-refractivity contribution in [3.8, 4) is 0 Å². The summed E-state index contributed by atoms with van der Waals surface area (Å²) in [6, 6.07) is 2.93. The zero-order valence-corrected chi connectivity index (χ0v) is 12.1. The number of alkyl halides is 3. The summed E-state index contributed by atoms with van der Waals surface area (Å²) in [5, 5.41) is 4.90. The second kappa shape index (κ2) is 6.53. The Morgan fingerprint density at radius 1 is 1.23 bits per heavy atom. The summed E-state index contributed by atoms with van der Waals surface area (Å²) in [5.74, 6) is -1.96. The van der Waals surface area contributed by atoms with Crippen LogP contribution in [-0.2, 0) is 15.8 Å². The fourth-order valence-electron chi connectivity index (χ4n) is 2.05. The van der Waals surface area contributed by atoms with Crippen LogP contribution in [0.3, 0.4) is 0 Å². The van der Waals surface area contributed by atoms with Gasteiger partial charge in [0.25, 0.3) is 0 Å². The third-order valence-electron chi connectivity index (χ3n) is 3.13. The Hall–Kier alpha value is -1.80. The lowest BCUT2D eigenvalue weighted by Gasteiger charge is -2.26. The number of nitrogens with one attached hydrogen (secondary N) is 2. The first-order chi connectivity index (χ1) is 10.3. The topological polar surface area (TPSA) is 61.4 Å². The summed E-state index contributed by atoms with van der Waals surface area (Å²) < 4.78 is 38.8. The van der Waals surface area contributed by atoms with Crippen molar-refractivity contribution in [2.45, 2.75) is 6.18 Å². The van der Waals surface area contributed by atoms with Gasteiger partial charge in [-0.3, -0.25) is 9.59 Å². The van der Waals surface area contributed by atoms with Crippen LogP contribution < -0.4 is 10.6 Å². The highest BCUT2D eigenvalue weighted by Gasteiger charge is 2.35. The van der Waals surface area contributed by atoms with E-state index >= 15 is 0 Å². The molecule has 2 amide bonds. The Balaban J connectivity index is 2.16. The van der Waals surface area contributed by atoms with Crippen molar-refractivity contribution in [1.29, 1.82) is 0 Å². The van der Waals surface area contributed by atoms with Gasteiger partial charge in [-0.1, -0.05) is 11.6 Å². The van der Waals surface area contributed by atoms with Gasteiger partial charge >= 0.3 is 18.0 Å². The molecule has 9 heteroatoms. The molecule has 0 aromatic heterocycles. The minimum absolute atomic E-state index is 0.112. The number of hydrogen-bond donors (Lipinski definition) is 2. The van der Waals surface area contributed by atoms with E-state index in [1.54, 1.807) is 0 Å². The van der Waals surface area contributed by atoms with E-state index < -0.39 is 29.2 Å². The van der Waals surface area contributed by atoms with Gasteiger partial charge in [-0.15, -0.1) is 0 Å². The van der Waals surface area contributed by atoms with Crippen LogP contribution >= 0.6 is 11.6 Å². The fraction of sp³-hybridized carbons (Fsp3) is 0.385. The molecule has 0 radical (unpaired) electrons. The first-order valence-electron chi connectivity index (χ1n) is 6.47. The number of piperazine rings is 1. The molecule has 22 heavy (non-hydrogen) atoms. The largest absolute Gasteiger partial charge is 0.418 e. The highest BCUT2D eigenvalue weighted by molar-refractivity contribution is 6.39. The molecule has 120 valence electrons. The highest BCUT2D eigenvalue weighted by Crippen LogP contribution is 2.36. The summed E-state index contributed by atoms with van der Waals surface area (Å²) in [7, 11) is 0. The molecule has 1 heterocycles. The lowest BCUT2D eigenvalue weighted by Crippen LogP contribution is -2.50. The minimum atomic E-state index is -4.69. The van der Waals surface area contributed by atoms with Crippen LogP contribution in [0.1, 0.15) is 5.56 Å². The average Bonchev–Trinajstić information content (AvgIpc) is 2.48. The van der Waals surface area contributed by atoms with Crippen LogP contribution in [0.15, 0.2) is 18.2 Å². The number of rotatable bonds is 1. The Morgan fingerprint density at radius 2 is 1.86 bits per heavy atom. The van der Waals surface area contributed by atoms with Crippen molar-refractivity contribution in [3.05, 3.63) is 28.8 Å². The van der Waals surface area contributed by atoms with Gasteiger partial charge in [-0.2, -0.15) is 13.2 Å². The summed E-state index contributed by atoms with van der Waals surface area (Å²) in [6.07, 6.45) is -4.69. The molecule has 2 N–H and O–H groups in total. The number of carbonyl (C=O) groups is 2. The number of hydrogen-bond acceptors (Lipinski definition) is 3. The minimum Gasteiger partial charge on any atom is -0.332 e. The van der Waals surface area contributed by atoms with Crippen LogP contribution in [0, 0.1) is 0 Å². The smallest absolute Gasteiger partial charge is 0.332 e. The summed E-state index contributed by atoms with van der Waals surface area (Å²) in [5.41, 5.74) is -1.59. The molecular weight excluding hydrogens is 323 g/mol. The maximum absolute atomic E-state index is 12.9. The van der Waals surface area contributed by atoms with Crippen molar-refractivity contribution in [2.24, 2.45) is 0 Å². The molecule has 0 spiro atoms. The SMILES string of the molecule is O=C(Nc1ccc(Cl)cc1C(F)(F)F)C(=O)N1CCNCC1. The van der Waals surface area contributed by atoms with E-state index in [9.17, 15) is 22.8 Å². The summed E-state index contributed by atoms with van der Waals surface area (Å²) in [6.45, 7) is 1.74.